The summed E-state index contributed by atoms with van der Waals surface area (Å²) in [5.74, 6) is -0.246. The van der Waals surface area contributed by atoms with Gasteiger partial charge in [-0.25, -0.2) is 0 Å². The summed E-state index contributed by atoms with van der Waals surface area (Å²) >= 11 is 0. The van der Waals surface area contributed by atoms with Gasteiger partial charge in [-0.05, 0) is 29.2 Å². The summed E-state index contributed by atoms with van der Waals surface area (Å²) in [5, 5.41) is 14.1. The second kappa shape index (κ2) is 7.98. The first-order chi connectivity index (χ1) is 13.3. The topological polar surface area (TPSA) is 84.7 Å². The van der Waals surface area contributed by atoms with E-state index in [0.717, 1.165) is 5.56 Å². The van der Waals surface area contributed by atoms with E-state index in [-0.39, 0.29) is 17.0 Å². The molecule has 1 aliphatic rings. The lowest BCUT2D eigenvalue weighted by Gasteiger charge is -2.30. The Kier molecular flexibility index (Phi) is 5.65. The summed E-state index contributed by atoms with van der Waals surface area (Å²) in [6.07, 6.45) is 0. The molecule has 0 aromatic heterocycles. The minimum Gasteiger partial charge on any atom is -0.378 e. The van der Waals surface area contributed by atoms with Crippen LogP contribution in [-0.2, 0) is 10.2 Å². The van der Waals surface area contributed by atoms with Crippen molar-refractivity contribution >= 4 is 23.0 Å². The van der Waals surface area contributed by atoms with Crippen molar-refractivity contribution in [3.63, 3.8) is 0 Å². The second-order valence-electron chi connectivity index (χ2n) is 7.84. The summed E-state index contributed by atoms with van der Waals surface area (Å²) in [4.78, 5) is 25.5. The van der Waals surface area contributed by atoms with Gasteiger partial charge < -0.3 is 15.0 Å². The number of nitro benzene ring substituents is 1. The molecule has 1 amide bonds. The van der Waals surface area contributed by atoms with Crippen molar-refractivity contribution in [1.82, 2.24) is 0 Å². The molecule has 0 atom stereocenters. The highest BCUT2D eigenvalue weighted by molar-refractivity contribution is 6.06. The molecule has 3 rings (SSSR count). The molecular weight excluding hydrogens is 358 g/mol. The Morgan fingerprint density at radius 3 is 2.32 bits per heavy atom. The molecule has 1 saturated heterocycles. The number of ether oxygens (including phenoxy) is 1. The maximum Gasteiger partial charge on any atom is 0.271 e. The van der Waals surface area contributed by atoms with E-state index in [1.165, 1.54) is 12.1 Å². The molecule has 1 N–H and O–H groups in total. The average molecular weight is 383 g/mol. The standard InChI is InChI=1S/C21H25N3O4/c1-21(2,3)16-6-4-15(5-7-16)20(25)22-18-9-8-17(24(26)27)14-19(18)23-10-12-28-13-11-23/h4-9,14H,10-13H2,1-3H3,(H,22,25). The first-order valence-corrected chi connectivity index (χ1v) is 9.29. The van der Waals surface area contributed by atoms with Gasteiger partial charge in [0.25, 0.3) is 11.6 Å². The number of nitro groups is 1. The Morgan fingerprint density at radius 1 is 1.11 bits per heavy atom. The molecule has 0 unspecified atom stereocenters. The number of nitrogens with one attached hydrogen (secondary N) is 1. The van der Waals surface area contributed by atoms with Crippen molar-refractivity contribution in [2.24, 2.45) is 0 Å². The Morgan fingerprint density at radius 2 is 1.75 bits per heavy atom. The summed E-state index contributed by atoms with van der Waals surface area (Å²) in [6.45, 7) is 8.68. The van der Waals surface area contributed by atoms with Crippen LogP contribution in [0.1, 0.15) is 36.7 Å². The van der Waals surface area contributed by atoms with E-state index in [2.05, 4.69) is 26.1 Å². The highest BCUT2D eigenvalue weighted by Gasteiger charge is 2.20. The van der Waals surface area contributed by atoms with Crippen LogP contribution in [0.4, 0.5) is 17.1 Å². The first-order valence-electron chi connectivity index (χ1n) is 9.29. The number of hydrogen-bond donors (Lipinski definition) is 1. The van der Waals surface area contributed by atoms with Crippen molar-refractivity contribution in [3.8, 4) is 0 Å². The van der Waals surface area contributed by atoms with Gasteiger partial charge >= 0.3 is 0 Å². The highest BCUT2D eigenvalue weighted by Crippen LogP contribution is 2.31. The van der Waals surface area contributed by atoms with Gasteiger partial charge in [0.15, 0.2) is 0 Å². The van der Waals surface area contributed by atoms with E-state index in [4.69, 9.17) is 4.74 Å². The molecule has 1 aliphatic heterocycles. The van der Waals surface area contributed by atoms with Gasteiger partial charge in [-0.2, -0.15) is 0 Å². The fourth-order valence-electron chi connectivity index (χ4n) is 3.12. The second-order valence-corrected chi connectivity index (χ2v) is 7.84. The number of anilines is 2. The number of benzene rings is 2. The van der Waals surface area contributed by atoms with Gasteiger partial charge in [-0.3, -0.25) is 14.9 Å². The number of carbonyl (C=O) groups is 1. The molecule has 7 nitrogen and oxygen atoms in total. The summed E-state index contributed by atoms with van der Waals surface area (Å²) < 4.78 is 5.36. The summed E-state index contributed by atoms with van der Waals surface area (Å²) in [7, 11) is 0. The summed E-state index contributed by atoms with van der Waals surface area (Å²) in [5.41, 5.74) is 2.88. The van der Waals surface area contributed by atoms with E-state index < -0.39 is 4.92 Å². The highest BCUT2D eigenvalue weighted by atomic mass is 16.6. The fraction of sp³-hybridized carbons (Fsp3) is 0.381. The van der Waals surface area contributed by atoms with Crippen molar-refractivity contribution in [3.05, 3.63) is 63.7 Å². The third-order valence-electron chi connectivity index (χ3n) is 4.81. The Hall–Kier alpha value is -2.93. The Bertz CT molecular complexity index is 866. The van der Waals surface area contributed by atoms with Crippen LogP contribution in [0.25, 0.3) is 0 Å². The molecule has 0 aliphatic carbocycles. The normalized spacial score (nSPS) is 14.6. The van der Waals surface area contributed by atoms with E-state index >= 15 is 0 Å². The van der Waals surface area contributed by atoms with Gasteiger partial charge in [0.2, 0.25) is 0 Å². The van der Waals surface area contributed by atoms with E-state index in [0.29, 0.717) is 43.2 Å². The van der Waals surface area contributed by atoms with Crippen LogP contribution in [0.3, 0.4) is 0 Å². The van der Waals surface area contributed by atoms with Gasteiger partial charge in [0.05, 0.1) is 29.5 Å². The minimum absolute atomic E-state index is 0.00554. The van der Waals surface area contributed by atoms with Crippen LogP contribution in [0.2, 0.25) is 0 Å². The predicted molar refractivity (Wildman–Crippen MR) is 109 cm³/mol. The molecule has 0 bridgehead atoms. The zero-order valence-electron chi connectivity index (χ0n) is 16.4. The number of morpholine rings is 1. The smallest absolute Gasteiger partial charge is 0.271 e. The molecule has 1 fully saturated rings. The van der Waals surface area contributed by atoms with E-state index in [1.807, 2.05) is 17.0 Å². The number of nitrogens with zero attached hydrogens (tertiary/aromatic N) is 2. The van der Waals surface area contributed by atoms with Crippen molar-refractivity contribution < 1.29 is 14.5 Å². The van der Waals surface area contributed by atoms with Crippen LogP contribution in [0.15, 0.2) is 42.5 Å². The number of non-ortho nitro benzene ring substituents is 1. The van der Waals surface area contributed by atoms with E-state index in [9.17, 15) is 14.9 Å². The van der Waals surface area contributed by atoms with Crippen molar-refractivity contribution in [2.75, 3.05) is 36.5 Å². The Balaban J connectivity index is 1.86. The van der Waals surface area contributed by atoms with Crippen LogP contribution in [0, 0.1) is 10.1 Å². The molecule has 7 heteroatoms. The largest absolute Gasteiger partial charge is 0.378 e. The lowest BCUT2D eigenvalue weighted by atomic mass is 9.87. The van der Waals surface area contributed by atoms with Crippen molar-refractivity contribution in [2.45, 2.75) is 26.2 Å². The quantitative estimate of drug-likeness (QED) is 0.638. The molecular formula is C21H25N3O4. The van der Waals surface area contributed by atoms with E-state index in [1.54, 1.807) is 18.2 Å². The molecule has 0 saturated carbocycles. The molecule has 0 spiro atoms. The maximum atomic E-state index is 12.7. The van der Waals surface area contributed by atoms with Crippen LogP contribution in [0.5, 0.6) is 0 Å². The molecule has 28 heavy (non-hydrogen) atoms. The third kappa shape index (κ3) is 4.48. The van der Waals surface area contributed by atoms with Crippen LogP contribution >= 0.6 is 0 Å². The van der Waals surface area contributed by atoms with Gasteiger partial charge in [-0.1, -0.05) is 32.9 Å². The monoisotopic (exact) mass is 383 g/mol. The molecule has 1 heterocycles. The lowest BCUT2D eigenvalue weighted by Crippen LogP contribution is -2.36. The zero-order chi connectivity index (χ0) is 20.3. The lowest BCUT2D eigenvalue weighted by molar-refractivity contribution is -0.384. The maximum absolute atomic E-state index is 12.7. The molecule has 0 radical (unpaired) electrons. The van der Waals surface area contributed by atoms with Crippen LogP contribution in [-0.4, -0.2) is 37.1 Å². The molecule has 2 aromatic carbocycles. The number of amides is 1. The summed E-state index contributed by atoms with van der Waals surface area (Å²) in [6, 6.07) is 12.0. The Labute approximate surface area is 164 Å². The number of rotatable bonds is 4. The van der Waals surface area contributed by atoms with Gasteiger partial charge in [-0.15, -0.1) is 0 Å². The predicted octanol–water partition coefficient (Wildman–Crippen LogP) is 3.98. The molecule has 148 valence electrons. The number of carbonyl (C=O) groups excluding carboxylic acids is 1. The fourth-order valence-corrected chi connectivity index (χ4v) is 3.12. The minimum atomic E-state index is -0.430. The third-order valence-corrected chi connectivity index (χ3v) is 4.81. The average Bonchev–Trinajstić information content (AvgIpc) is 2.68. The first kappa shape index (κ1) is 19.8. The molecule has 2 aromatic rings. The van der Waals surface area contributed by atoms with Gasteiger partial charge in [0, 0.05) is 30.8 Å². The van der Waals surface area contributed by atoms with Gasteiger partial charge in [0.1, 0.15) is 0 Å². The number of hydrogen-bond acceptors (Lipinski definition) is 5. The van der Waals surface area contributed by atoms with Crippen molar-refractivity contribution in [1.29, 1.82) is 0 Å². The zero-order valence-corrected chi connectivity index (χ0v) is 16.4. The van der Waals surface area contributed by atoms with Crippen LogP contribution < -0.4 is 10.2 Å². The SMILES string of the molecule is CC(C)(C)c1ccc(C(=O)Nc2ccc([N+](=O)[O-])cc2N2CCOCC2)cc1.